The summed E-state index contributed by atoms with van der Waals surface area (Å²) in [5.74, 6) is 0.513. The zero-order valence-corrected chi connectivity index (χ0v) is 13.1. The Kier molecular flexibility index (Phi) is 3.54. The third kappa shape index (κ3) is 2.65. The Morgan fingerprint density at radius 3 is 2.20 bits per heavy atom. The Hall–Kier alpha value is -3.47. The van der Waals surface area contributed by atoms with E-state index in [1.807, 2.05) is 6.07 Å². The lowest BCUT2D eigenvalue weighted by Gasteiger charge is -2.11. The van der Waals surface area contributed by atoms with Gasteiger partial charge in [0.15, 0.2) is 17.3 Å². The summed E-state index contributed by atoms with van der Waals surface area (Å²) in [5.41, 5.74) is 1.50. The van der Waals surface area contributed by atoms with E-state index in [1.165, 1.54) is 12.1 Å². The molecule has 124 valence electrons. The number of rotatable bonds is 3. The molecule has 25 heavy (non-hydrogen) atoms. The Balaban J connectivity index is 1.75. The maximum absolute atomic E-state index is 12.5. The average molecular weight is 334 g/mol. The van der Waals surface area contributed by atoms with Crippen molar-refractivity contribution in [2.45, 2.75) is 0 Å². The van der Waals surface area contributed by atoms with E-state index in [9.17, 15) is 15.0 Å². The Bertz CT molecular complexity index is 940. The van der Waals surface area contributed by atoms with Crippen molar-refractivity contribution in [1.29, 1.82) is 0 Å². The number of aromatic hydroxyl groups is 2. The molecule has 0 atom stereocenters. The molecule has 0 saturated heterocycles. The maximum atomic E-state index is 12.5. The standard InChI is InChI=1S/C20H14O5/c21-15-8-14(20(23)12-4-2-1-3-5-12)9-16(22)19(15)13-6-7-17-18(10-13)25-11-24-17/h1-10,21-22H,11H2. The summed E-state index contributed by atoms with van der Waals surface area (Å²) in [6, 6.07) is 16.5. The van der Waals surface area contributed by atoms with E-state index in [0.29, 0.717) is 22.6 Å². The summed E-state index contributed by atoms with van der Waals surface area (Å²) < 4.78 is 10.6. The molecule has 0 aromatic heterocycles. The van der Waals surface area contributed by atoms with Gasteiger partial charge in [-0.05, 0) is 29.8 Å². The molecule has 0 bridgehead atoms. The predicted octanol–water partition coefficient (Wildman–Crippen LogP) is 3.72. The SMILES string of the molecule is O=C(c1ccccc1)c1cc(O)c(-c2ccc3c(c2)OCO3)c(O)c1. The smallest absolute Gasteiger partial charge is 0.231 e. The molecule has 0 spiro atoms. The van der Waals surface area contributed by atoms with Crippen molar-refractivity contribution < 1.29 is 24.5 Å². The van der Waals surface area contributed by atoms with Crippen LogP contribution in [0.2, 0.25) is 0 Å². The van der Waals surface area contributed by atoms with E-state index >= 15 is 0 Å². The van der Waals surface area contributed by atoms with Crippen LogP contribution < -0.4 is 9.47 Å². The van der Waals surface area contributed by atoms with E-state index in [1.54, 1.807) is 42.5 Å². The van der Waals surface area contributed by atoms with Crippen LogP contribution in [0.3, 0.4) is 0 Å². The van der Waals surface area contributed by atoms with Crippen LogP contribution in [0.5, 0.6) is 23.0 Å². The van der Waals surface area contributed by atoms with Gasteiger partial charge in [0.25, 0.3) is 0 Å². The summed E-state index contributed by atoms with van der Waals surface area (Å²) in [6.07, 6.45) is 0. The zero-order valence-electron chi connectivity index (χ0n) is 13.1. The second-order valence-corrected chi connectivity index (χ2v) is 5.65. The summed E-state index contributed by atoms with van der Waals surface area (Å²) in [4.78, 5) is 12.5. The van der Waals surface area contributed by atoms with Crippen molar-refractivity contribution in [2.75, 3.05) is 6.79 Å². The third-order valence-corrected chi connectivity index (χ3v) is 4.06. The molecule has 3 aromatic rings. The molecule has 1 aliphatic rings. The quantitative estimate of drug-likeness (QED) is 0.714. The van der Waals surface area contributed by atoms with Gasteiger partial charge in [-0.2, -0.15) is 0 Å². The number of ether oxygens (including phenoxy) is 2. The number of benzene rings is 3. The van der Waals surface area contributed by atoms with Gasteiger partial charge in [0.1, 0.15) is 11.5 Å². The van der Waals surface area contributed by atoms with Crippen molar-refractivity contribution >= 4 is 5.78 Å². The van der Waals surface area contributed by atoms with Gasteiger partial charge in [0.05, 0.1) is 5.56 Å². The number of hydrogen-bond donors (Lipinski definition) is 2. The molecule has 0 saturated carbocycles. The molecule has 0 unspecified atom stereocenters. The fourth-order valence-electron chi connectivity index (χ4n) is 2.85. The Labute approximate surface area is 143 Å². The highest BCUT2D eigenvalue weighted by molar-refractivity contribution is 6.10. The highest BCUT2D eigenvalue weighted by Crippen LogP contribution is 2.43. The van der Waals surface area contributed by atoms with Crippen LogP contribution in [0, 0.1) is 0 Å². The first-order chi connectivity index (χ1) is 12.1. The molecule has 0 fully saturated rings. The first-order valence-corrected chi connectivity index (χ1v) is 7.69. The van der Waals surface area contributed by atoms with Gasteiger partial charge in [-0.3, -0.25) is 4.79 Å². The number of phenols is 2. The molecule has 1 aliphatic heterocycles. The highest BCUT2D eigenvalue weighted by Gasteiger charge is 2.20. The van der Waals surface area contributed by atoms with Gasteiger partial charge in [0.2, 0.25) is 6.79 Å². The minimum Gasteiger partial charge on any atom is -0.507 e. The van der Waals surface area contributed by atoms with Gasteiger partial charge in [-0.1, -0.05) is 36.4 Å². The Morgan fingerprint density at radius 1 is 0.800 bits per heavy atom. The Morgan fingerprint density at radius 2 is 1.48 bits per heavy atom. The number of carbonyl (C=O) groups excluding carboxylic acids is 1. The third-order valence-electron chi connectivity index (χ3n) is 4.06. The molecule has 0 aliphatic carbocycles. The van der Waals surface area contributed by atoms with Gasteiger partial charge < -0.3 is 19.7 Å². The molecule has 2 N–H and O–H groups in total. The predicted molar refractivity (Wildman–Crippen MR) is 91.2 cm³/mol. The van der Waals surface area contributed by atoms with Crippen LogP contribution in [0.4, 0.5) is 0 Å². The van der Waals surface area contributed by atoms with Crippen molar-refractivity contribution in [2.24, 2.45) is 0 Å². The largest absolute Gasteiger partial charge is 0.507 e. The second kappa shape index (κ2) is 5.87. The minimum absolute atomic E-state index is 0.140. The number of hydrogen-bond acceptors (Lipinski definition) is 5. The van der Waals surface area contributed by atoms with Crippen LogP contribution in [0.25, 0.3) is 11.1 Å². The number of fused-ring (bicyclic) bond motifs is 1. The van der Waals surface area contributed by atoms with Crippen molar-refractivity contribution in [1.82, 2.24) is 0 Å². The summed E-state index contributed by atoms with van der Waals surface area (Å²) in [7, 11) is 0. The van der Waals surface area contributed by atoms with E-state index in [-0.39, 0.29) is 35.2 Å². The van der Waals surface area contributed by atoms with Gasteiger partial charge in [-0.25, -0.2) is 0 Å². The lowest BCUT2D eigenvalue weighted by molar-refractivity contribution is 0.103. The zero-order chi connectivity index (χ0) is 17.4. The monoisotopic (exact) mass is 334 g/mol. The lowest BCUT2D eigenvalue weighted by atomic mass is 9.97. The summed E-state index contributed by atoms with van der Waals surface area (Å²) in [6.45, 7) is 0.140. The molecule has 3 aromatic carbocycles. The molecule has 0 amide bonds. The fourth-order valence-corrected chi connectivity index (χ4v) is 2.85. The normalized spacial score (nSPS) is 12.2. The van der Waals surface area contributed by atoms with Crippen LogP contribution >= 0.6 is 0 Å². The first kappa shape index (κ1) is 15.1. The van der Waals surface area contributed by atoms with Crippen LogP contribution in [0.15, 0.2) is 60.7 Å². The molecule has 5 heteroatoms. The molecular formula is C20H14O5. The topological polar surface area (TPSA) is 76.0 Å². The van der Waals surface area contributed by atoms with Crippen LogP contribution in [0.1, 0.15) is 15.9 Å². The van der Waals surface area contributed by atoms with Gasteiger partial charge in [-0.15, -0.1) is 0 Å². The molecule has 0 radical (unpaired) electrons. The molecule has 5 nitrogen and oxygen atoms in total. The highest BCUT2D eigenvalue weighted by atomic mass is 16.7. The van der Waals surface area contributed by atoms with Crippen LogP contribution in [-0.2, 0) is 0 Å². The lowest BCUT2D eigenvalue weighted by Crippen LogP contribution is -2.01. The van der Waals surface area contributed by atoms with E-state index in [2.05, 4.69) is 0 Å². The minimum atomic E-state index is -0.275. The molecule has 4 rings (SSSR count). The average Bonchev–Trinajstić information content (AvgIpc) is 3.09. The van der Waals surface area contributed by atoms with Gasteiger partial charge in [0, 0.05) is 11.1 Å². The summed E-state index contributed by atoms with van der Waals surface area (Å²) >= 11 is 0. The van der Waals surface area contributed by atoms with Crippen molar-refractivity contribution in [3.8, 4) is 34.1 Å². The number of ketones is 1. The number of phenolic OH excluding ortho intramolecular Hbond substituents is 2. The molecular weight excluding hydrogens is 320 g/mol. The van der Waals surface area contributed by atoms with E-state index in [0.717, 1.165) is 0 Å². The van der Waals surface area contributed by atoms with E-state index < -0.39 is 0 Å². The second-order valence-electron chi connectivity index (χ2n) is 5.65. The first-order valence-electron chi connectivity index (χ1n) is 7.69. The molecule has 1 heterocycles. The van der Waals surface area contributed by atoms with Gasteiger partial charge >= 0.3 is 0 Å². The fraction of sp³-hybridized carbons (Fsp3) is 0.0500. The number of carbonyl (C=O) groups is 1. The van der Waals surface area contributed by atoms with Crippen LogP contribution in [-0.4, -0.2) is 22.8 Å². The van der Waals surface area contributed by atoms with E-state index in [4.69, 9.17) is 9.47 Å². The summed E-state index contributed by atoms with van der Waals surface area (Å²) in [5, 5.41) is 20.8. The van der Waals surface area contributed by atoms with Crippen molar-refractivity contribution in [3.63, 3.8) is 0 Å². The van der Waals surface area contributed by atoms with Crippen molar-refractivity contribution in [3.05, 3.63) is 71.8 Å². The maximum Gasteiger partial charge on any atom is 0.231 e.